The number of hydrogen-bond acceptors (Lipinski definition) is 5. The summed E-state index contributed by atoms with van der Waals surface area (Å²) in [5.74, 6) is 0. The van der Waals surface area contributed by atoms with Crippen LogP contribution in [0.15, 0.2) is 133 Å². The molecule has 0 radical (unpaired) electrons. The molecule has 4 aromatic rings. The predicted octanol–water partition coefficient (Wildman–Crippen LogP) is 6.17. The van der Waals surface area contributed by atoms with Crippen molar-refractivity contribution < 1.29 is 16.8 Å². The molecule has 0 saturated heterocycles. The number of benzene rings is 4. The Hall–Kier alpha value is -2.76. The van der Waals surface area contributed by atoms with Crippen molar-refractivity contribution in [3.05, 3.63) is 120 Å². The van der Waals surface area contributed by atoms with E-state index in [0.29, 0.717) is 9.79 Å². The Morgan fingerprint density at radius 2 is 1.11 bits per heavy atom. The molecule has 1 atom stereocenters. The summed E-state index contributed by atoms with van der Waals surface area (Å²) >= 11 is 0.935. The molecule has 6 nitrogen and oxygen atoms in total. The Balaban J connectivity index is 1.95. The second-order valence-corrected chi connectivity index (χ2v) is 14.7. The highest BCUT2D eigenvalue weighted by molar-refractivity contribution is 8.20. The maximum Gasteiger partial charge on any atom is 0.289 e. The minimum absolute atomic E-state index is 0.000994. The first kappa shape index (κ1) is 26.3. The van der Waals surface area contributed by atoms with Gasteiger partial charge in [0.05, 0.1) is 9.79 Å². The number of nitrogens with zero attached hydrogens (tertiary/aromatic N) is 2. The van der Waals surface area contributed by atoms with Crippen LogP contribution < -0.4 is 0 Å². The molecule has 0 bridgehead atoms. The van der Waals surface area contributed by atoms with Gasteiger partial charge in [-0.25, -0.2) is 8.42 Å². The van der Waals surface area contributed by atoms with Gasteiger partial charge >= 0.3 is 0 Å². The van der Waals surface area contributed by atoms with Crippen LogP contribution in [-0.4, -0.2) is 20.0 Å². The number of sulfonamides is 2. The Kier molecular flexibility index (Phi) is 8.11. The van der Waals surface area contributed by atoms with E-state index >= 15 is 0 Å². The van der Waals surface area contributed by atoms with E-state index in [1.54, 1.807) is 78.9 Å². The molecule has 0 aromatic heterocycles. The molecule has 0 fully saturated rings. The topological polar surface area (TPSA) is 83.9 Å². The van der Waals surface area contributed by atoms with E-state index in [4.69, 9.17) is 0 Å². The normalized spacial score (nSPS) is 13.1. The standard InChI is InChI=1S/C26H24N2O4S4/c1-21-13-17-25(18-14-21)35(29,30)27-34(24-11-7-4-8-12-24)28(33-23-9-5-3-6-10-23)36(31,32)26-19-15-22(2)16-20-26/h3-20H,1-2H3. The first-order chi connectivity index (χ1) is 17.2. The van der Waals surface area contributed by atoms with Crippen LogP contribution in [0.3, 0.4) is 0 Å². The summed E-state index contributed by atoms with van der Waals surface area (Å²) in [6, 6.07) is 30.3. The molecule has 36 heavy (non-hydrogen) atoms. The van der Waals surface area contributed by atoms with Crippen LogP contribution in [0.1, 0.15) is 11.1 Å². The molecule has 1 unspecified atom stereocenters. The summed E-state index contributed by atoms with van der Waals surface area (Å²) in [6.07, 6.45) is 0. The molecule has 10 heteroatoms. The van der Waals surface area contributed by atoms with Crippen molar-refractivity contribution in [2.24, 2.45) is 3.77 Å². The van der Waals surface area contributed by atoms with E-state index in [1.807, 2.05) is 19.9 Å². The Morgan fingerprint density at radius 1 is 0.639 bits per heavy atom. The molecule has 4 rings (SSSR count). The van der Waals surface area contributed by atoms with Crippen LogP contribution in [0, 0.1) is 13.8 Å². The van der Waals surface area contributed by atoms with Crippen molar-refractivity contribution in [2.45, 2.75) is 33.4 Å². The van der Waals surface area contributed by atoms with Gasteiger partial charge in [0.2, 0.25) is 0 Å². The highest BCUT2D eigenvalue weighted by Crippen LogP contribution is 2.35. The average Bonchev–Trinajstić information content (AvgIpc) is 2.88. The van der Waals surface area contributed by atoms with Gasteiger partial charge in [-0.05, 0) is 74.3 Å². The summed E-state index contributed by atoms with van der Waals surface area (Å²) in [5, 5.41) is 0. The maximum atomic E-state index is 14.0. The third-order valence-electron chi connectivity index (χ3n) is 5.02. The lowest BCUT2D eigenvalue weighted by atomic mass is 10.2. The molecule has 0 saturated carbocycles. The first-order valence-corrected chi connectivity index (χ1v) is 15.7. The summed E-state index contributed by atoms with van der Waals surface area (Å²) in [5.41, 5.74) is 1.81. The molecule has 0 aliphatic heterocycles. The zero-order chi connectivity index (χ0) is 25.8. The van der Waals surface area contributed by atoms with Crippen molar-refractivity contribution in [2.75, 3.05) is 0 Å². The molecule has 0 aliphatic carbocycles. The van der Waals surface area contributed by atoms with Crippen molar-refractivity contribution in [3.63, 3.8) is 0 Å². The molecule has 0 amide bonds. The monoisotopic (exact) mass is 556 g/mol. The Morgan fingerprint density at radius 3 is 1.64 bits per heavy atom. The van der Waals surface area contributed by atoms with Gasteiger partial charge in [-0.2, -0.15) is 8.42 Å². The SMILES string of the molecule is Cc1ccc(S(=O)(=O)N=S(c2ccccc2)N(Sc2ccccc2)S(=O)(=O)c2ccc(C)cc2)cc1. The summed E-state index contributed by atoms with van der Waals surface area (Å²) < 4.78 is 60.1. The van der Waals surface area contributed by atoms with Gasteiger partial charge in [0.15, 0.2) is 0 Å². The Labute approximate surface area is 219 Å². The van der Waals surface area contributed by atoms with Crippen molar-refractivity contribution in [1.29, 1.82) is 0 Å². The third kappa shape index (κ3) is 6.13. The van der Waals surface area contributed by atoms with Gasteiger partial charge in [0, 0.05) is 20.7 Å². The smallest absolute Gasteiger partial charge is 0.205 e. The molecule has 4 aromatic carbocycles. The summed E-state index contributed by atoms with van der Waals surface area (Å²) in [7, 11) is -10.1. The van der Waals surface area contributed by atoms with E-state index in [-0.39, 0.29) is 9.79 Å². The molecule has 0 heterocycles. The minimum atomic E-state index is -4.19. The van der Waals surface area contributed by atoms with Crippen molar-refractivity contribution in [1.82, 2.24) is 3.12 Å². The third-order valence-corrected chi connectivity index (χ3v) is 12.6. The highest BCUT2D eigenvalue weighted by atomic mass is 32.3. The van der Waals surface area contributed by atoms with Crippen LogP contribution in [0.4, 0.5) is 0 Å². The molecular weight excluding hydrogens is 533 g/mol. The van der Waals surface area contributed by atoms with E-state index in [2.05, 4.69) is 3.77 Å². The number of rotatable bonds is 8. The van der Waals surface area contributed by atoms with Crippen molar-refractivity contribution in [3.8, 4) is 0 Å². The van der Waals surface area contributed by atoms with Crippen LogP contribution in [0.25, 0.3) is 0 Å². The fourth-order valence-corrected chi connectivity index (χ4v) is 10.3. The second kappa shape index (κ2) is 11.1. The summed E-state index contributed by atoms with van der Waals surface area (Å²) in [4.78, 5) is 1.13. The maximum absolute atomic E-state index is 14.0. The van der Waals surface area contributed by atoms with E-state index in [9.17, 15) is 16.8 Å². The second-order valence-electron chi connectivity index (χ2n) is 7.86. The van der Waals surface area contributed by atoms with Gasteiger partial charge in [0.1, 0.15) is 0 Å². The van der Waals surface area contributed by atoms with Crippen LogP contribution in [0.5, 0.6) is 0 Å². The Bertz CT molecular complexity index is 1570. The molecule has 0 N–H and O–H groups in total. The van der Waals surface area contributed by atoms with E-state index < -0.39 is 30.9 Å². The quantitative estimate of drug-likeness (QED) is 0.243. The predicted molar refractivity (Wildman–Crippen MR) is 145 cm³/mol. The fourth-order valence-electron chi connectivity index (χ4n) is 3.09. The van der Waals surface area contributed by atoms with Gasteiger partial charge in [-0.15, -0.1) is 3.77 Å². The fraction of sp³-hybridized carbons (Fsp3) is 0.0769. The van der Waals surface area contributed by atoms with Gasteiger partial charge in [0.25, 0.3) is 20.0 Å². The molecule has 186 valence electrons. The minimum Gasteiger partial charge on any atom is -0.205 e. The highest BCUT2D eigenvalue weighted by Gasteiger charge is 2.32. The lowest BCUT2D eigenvalue weighted by Crippen LogP contribution is -2.27. The zero-order valence-electron chi connectivity index (χ0n) is 19.6. The lowest BCUT2D eigenvalue weighted by molar-refractivity contribution is 0.582. The molecular formula is C26H24N2O4S4. The first-order valence-electron chi connectivity index (χ1n) is 10.9. The lowest BCUT2D eigenvalue weighted by Gasteiger charge is -2.23. The van der Waals surface area contributed by atoms with E-state index in [0.717, 1.165) is 26.2 Å². The molecule has 0 aliphatic rings. The van der Waals surface area contributed by atoms with Crippen LogP contribution in [-0.2, 0) is 30.9 Å². The van der Waals surface area contributed by atoms with Crippen molar-refractivity contribution >= 4 is 42.9 Å². The number of hydrogen-bond donors (Lipinski definition) is 0. The average molecular weight is 557 g/mol. The zero-order valence-corrected chi connectivity index (χ0v) is 22.8. The van der Waals surface area contributed by atoms with Gasteiger partial charge in [-0.1, -0.05) is 74.9 Å². The van der Waals surface area contributed by atoms with E-state index in [1.165, 1.54) is 24.3 Å². The van der Waals surface area contributed by atoms with Crippen LogP contribution in [0.2, 0.25) is 0 Å². The van der Waals surface area contributed by atoms with Crippen LogP contribution >= 0.6 is 11.9 Å². The summed E-state index contributed by atoms with van der Waals surface area (Å²) in [6.45, 7) is 3.72. The van der Waals surface area contributed by atoms with Gasteiger partial charge < -0.3 is 0 Å². The molecule has 0 spiro atoms. The number of aryl methyl sites for hydroxylation is 2. The van der Waals surface area contributed by atoms with Gasteiger partial charge in [-0.3, -0.25) is 0 Å². The largest absolute Gasteiger partial charge is 0.289 e.